The number of amides is 4. The van der Waals surface area contributed by atoms with E-state index >= 15 is 0 Å². The van der Waals surface area contributed by atoms with Crippen LogP contribution >= 0.6 is 0 Å². The van der Waals surface area contributed by atoms with E-state index < -0.39 is 54.7 Å². The molecular weight excluding hydrogens is 914 g/mol. The van der Waals surface area contributed by atoms with Gasteiger partial charge in [-0.3, -0.25) is 64.0 Å². The number of nitrogens with one attached hydrogen (secondary N) is 4. The second kappa shape index (κ2) is 25.6. The molecule has 57 heavy (non-hydrogen) atoms. The zero-order valence-corrected chi connectivity index (χ0v) is 33.4. The molecule has 2 fully saturated rings. The molecule has 3 heterocycles. The third-order valence-corrected chi connectivity index (χ3v) is 9.28. The number of hydrogen-bond acceptors (Lipinski definition) is 15. The van der Waals surface area contributed by atoms with E-state index in [1.165, 1.54) is 30.2 Å². The molecule has 24 heteroatoms. The minimum absolute atomic E-state index is 0. The van der Waals surface area contributed by atoms with E-state index in [2.05, 4.69) is 26.5 Å². The molecule has 1 radical (unpaired) electrons. The zero-order valence-electron chi connectivity index (χ0n) is 31.7. The van der Waals surface area contributed by atoms with Gasteiger partial charge in [0.1, 0.15) is 11.9 Å². The molecule has 2 saturated heterocycles. The second-order valence-electron chi connectivity index (χ2n) is 13.7. The number of carbonyl (C=O) groups is 7. The number of carboxylic acid groups (broad SMARTS) is 3. The van der Waals surface area contributed by atoms with Crippen molar-refractivity contribution in [1.29, 1.82) is 0 Å². The van der Waals surface area contributed by atoms with Crippen molar-refractivity contribution in [2.24, 2.45) is 0 Å². The fourth-order valence-electron chi connectivity index (χ4n) is 6.29. The van der Waals surface area contributed by atoms with Crippen LogP contribution in [-0.4, -0.2) is 207 Å². The van der Waals surface area contributed by atoms with Crippen molar-refractivity contribution < 1.29 is 95.8 Å². The minimum Gasteiger partial charge on any atom is -0.480 e. The molecular formula is C33H53BLuN10O12. The number of hydrazine groups is 1. The number of aromatic nitrogens is 1. The number of pyridine rings is 1. The van der Waals surface area contributed by atoms with E-state index in [1.54, 1.807) is 19.6 Å². The summed E-state index contributed by atoms with van der Waals surface area (Å²) in [6.07, 6.45) is 2.67. The first-order valence-electron chi connectivity index (χ1n) is 18.4. The standard InChI is InChI=1S/C33H53BN10O12.Lu/c1-23(33(54)44-9-3-4-25(44)34(55)56)37-32(53)24-6-7-26(36-18-24)38-39-27(45)5-2-8-35-28(46)19-40-10-12-41(20-29(47)48)14-16-43(22-31(51)52)17-15-42(13-11-40)21-30(49)50;/h6-7,18,23,25,55-56H,2-5,8-17,19-22H2,1H3,(H,35,46)(H,36,38)(H,37,53)(H,39,45)(H,47,48)(H,49,50)(H,51,52);/t23-,25+;/m1./s1. The van der Waals surface area contributed by atoms with Crippen LogP contribution < -0.4 is 21.5 Å². The maximum absolute atomic E-state index is 12.9. The first kappa shape index (κ1) is 49.4. The first-order chi connectivity index (χ1) is 26.6. The van der Waals surface area contributed by atoms with Gasteiger partial charge in [-0.05, 0) is 38.3 Å². The largest absolute Gasteiger partial charge is 0.480 e. The molecule has 0 unspecified atom stereocenters. The average molecular weight is 968 g/mol. The molecule has 3 rings (SSSR count). The third-order valence-electron chi connectivity index (χ3n) is 9.28. The molecule has 1 aromatic rings. The van der Waals surface area contributed by atoms with E-state index in [-0.39, 0.29) is 133 Å². The number of anilines is 1. The third kappa shape index (κ3) is 18.6. The van der Waals surface area contributed by atoms with Crippen molar-refractivity contribution in [2.75, 3.05) is 97.1 Å². The second-order valence-corrected chi connectivity index (χ2v) is 13.7. The van der Waals surface area contributed by atoms with Gasteiger partial charge in [0, 0.05) is 115 Å². The Labute approximate surface area is 359 Å². The molecule has 1 aromatic heterocycles. The number of likely N-dealkylation sites (tertiary alicyclic amines) is 1. The molecule has 0 spiro atoms. The number of nitrogens with zero attached hydrogens (tertiary/aromatic N) is 6. The smallest absolute Gasteiger partial charge is 0.475 e. The van der Waals surface area contributed by atoms with Gasteiger partial charge in [-0.15, -0.1) is 0 Å². The van der Waals surface area contributed by atoms with E-state index in [9.17, 15) is 58.9 Å². The minimum atomic E-state index is -1.67. The summed E-state index contributed by atoms with van der Waals surface area (Å²) in [5.41, 5.74) is 5.28. The Morgan fingerprint density at radius 3 is 1.74 bits per heavy atom. The Morgan fingerprint density at radius 2 is 1.28 bits per heavy atom. The molecule has 2 aliphatic rings. The Hall–Kier alpha value is -3.70. The quantitative estimate of drug-likeness (QED) is 0.0385. The van der Waals surface area contributed by atoms with Gasteiger partial charge in [0.15, 0.2) is 0 Å². The van der Waals surface area contributed by atoms with Crippen molar-refractivity contribution in [2.45, 2.75) is 44.6 Å². The molecule has 2 atom stereocenters. The molecule has 0 aromatic carbocycles. The topological polar surface area (TPSA) is 298 Å². The molecule has 9 N–H and O–H groups in total. The molecule has 22 nitrogen and oxygen atoms in total. The predicted octanol–water partition coefficient (Wildman–Crippen LogP) is -3.98. The van der Waals surface area contributed by atoms with Gasteiger partial charge in [0.2, 0.25) is 17.7 Å². The molecule has 4 amide bonds. The van der Waals surface area contributed by atoms with E-state index in [1.807, 2.05) is 0 Å². The average Bonchev–Trinajstić information content (AvgIpc) is 3.63. The van der Waals surface area contributed by atoms with Crippen molar-refractivity contribution in [3.63, 3.8) is 0 Å². The number of rotatable bonds is 18. The van der Waals surface area contributed by atoms with Crippen molar-refractivity contribution >= 4 is 54.5 Å². The van der Waals surface area contributed by atoms with Gasteiger partial charge in [-0.2, -0.15) is 0 Å². The summed E-state index contributed by atoms with van der Waals surface area (Å²) in [6.45, 7) is 3.35. The van der Waals surface area contributed by atoms with Crippen LogP contribution in [0, 0.1) is 36.9 Å². The van der Waals surface area contributed by atoms with Crippen LogP contribution in [0.15, 0.2) is 18.3 Å². The summed E-state index contributed by atoms with van der Waals surface area (Å²) in [5.74, 6) is -5.37. The molecule has 0 saturated carbocycles. The van der Waals surface area contributed by atoms with Gasteiger partial charge in [-0.25, -0.2) is 4.98 Å². The summed E-state index contributed by atoms with van der Waals surface area (Å²) in [4.78, 5) is 97.3. The molecule has 0 bridgehead atoms. The number of carbonyl (C=O) groups excluding carboxylic acids is 4. The van der Waals surface area contributed by atoms with Crippen LogP contribution in [0.2, 0.25) is 0 Å². The number of carboxylic acids is 3. The number of hydrogen-bond donors (Lipinski definition) is 9. The maximum atomic E-state index is 12.9. The van der Waals surface area contributed by atoms with Crippen LogP contribution in [0.1, 0.15) is 43.0 Å². The van der Waals surface area contributed by atoms with Crippen LogP contribution in [0.4, 0.5) is 5.82 Å². The van der Waals surface area contributed by atoms with E-state index in [4.69, 9.17) is 0 Å². The molecule has 325 valence electrons. The van der Waals surface area contributed by atoms with Crippen LogP contribution in [0.3, 0.4) is 0 Å². The summed E-state index contributed by atoms with van der Waals surface area (Å²) < 4.78 is 0. The first-order valence-corrected chi connectivity index (χ1v) is 18.4. The van der Waals surface area contributed by atoms with Crippen LogP contribution in [0.25, 0.3) is 0 Å². The van der Waals surface area contributed by atoms with Gasteiger partial charge >= 0.3 is 25.0 Å². The van der Waals surface area contributed by atoms with E-state index in [0.29, 0.717) is 38.9 Å². The Kier molecular flexibility index (Phi) is 22.2. The number of aliphatic carboxylic acids is 3. The maximum Gasteiger partial charge on any atom is 0.475 e. The Bertz CT molecular complexity index is 1480. The van der Waals surface area contributed by atoms with Crippen molar-refractivity contribution in [1.82, 2.24) is 45.5 Å². The Balaban J connectivity index is 0.0000112. The monoisotopic (exact) mass is 967 g/mol. The van der Waals surface area contributed by atoms with Gasteiger partial charge in [-0.1, -0.05) is 0 Å². The zero-order chi connectivity index (χ0) is 41.2. The Morgan fingerprint density at radius 1 is 0.772 bits per heavy atom. The predicted molar refractivity (Wildman–Crippen MR) is 199 cm³/mol. The summed E-state index contributed by atoms with van der Waals surface area (Å²) in [6, 6.07) is 1.98. The fourth-order valence-corrected chi connectivity index (χ4v) is 6.29. The van der Waals surface area contributed by atoms with Gasteiger partial charge in [0.05, 0.1) is 37.7 Å². The summed E-state index contributed by atoms with van der Waals surface area (Å²) in [5, 5.41) is 52.5. The summed E-state index contributed by atoms with van der Waals surface area (Å²) >= 11 is 0. The normalized spacial score (nSPS) is 18.2. The summed E-state index contributed by atoms with van der Waals surface area (Å²) in [7, 11) is -1.67. The van der Waals surface area contributed by atoms with Gasteiger partial charge in [0.25, 0.3) is 5.91 Å². The molecule has 2 aliphatic heterocycles. The molecule has 0 aliphatic carbocycles. The van der Waals surface area contributed by atoms with Gasteiger partial charge < -0.3 is 40.9 Å². The fraction of sp³-hybridized carbons (Fsp3) is 0.636. The van der Waals surface area contributed by atoms with E-state index in [0.717, 1.165) is 0 Å². The van der Waals surface area contributed by atoms with Crippen LogP contribution in [0.5, 0.6) is 0 Å². The van der Waals surface area contributed by atoms with Crippen molar-refractivity contribution in [3.05, 3.63) is 23.9 Å². The van der Waals surface area contributed by atoms with Crippen LogP contribution in [-0.2, 0) is 28.8 Å². The van der Waals surface area contributed by atoms with Crippen molar-refractivity contribution in [3.8, 4) is 0 Å². The SMILES string of the molecule is C[C@@H](NC(=O)c1ccc(NNC(=O)CCCNC(=O)CN2CCN(CC(=O)O)CCN(CC(=O)O)CCN(CC(=O)O)CC2)nc1)C(=O)N1CCC[C@H]1B(O)O.[Lu].